The van der Waals surface area contributed by atoms with E-state index in [1.165, 1.54) is 18.0 Å². The zero-order valence-corrected chi connectivity index (χ0v) is 15.4. The number of fused-ring (bicyclic) bond motifs is 1. The molecular formula is C18H18ClFN2O3S. The van der Waals surface area contributed by atoms with Crippen molar-refractivity contribution in [1.29, 1.82) is 0 Å². The van der Waals surface area contributed by atoms with Crippen LogP contribution >= 0.6 is 23.4 Å². The van der Waals surface area contributed by atoms with E-state index in [0.29, 0.717) is 10.4 Å². The van der Waals surface area contributed by atoms with Crippen molar-refractivity contribution in [1.82, 2.24) is 4.57 Å². The number of thioether (sulfide) groups is 1. The Bertz CT molecular complexity index is 973. The molecule has 0 amide bonds. The van der Waals surface area contributed by atoms with Crippen LogP contribution in [0.2, 0.25) is 5.02 Å². The second-order valence-corrected chi connectivity index (χ2v) is 8.59. The highest BCUT2D eigenvalue weighted by molar-refractivity contribution is 8.00. The molecule has 0 saturated heterocycles. The van der Waals surface area contributed by atoms with Crippen LogP contribution in [0, 0.1) is 5.82 Å². The Hall–Kier alpha value is -1.57. The molecule has 1 aromatic carbocycles. The highest BCUT2D eigenvalue weighted by Gasteiger charge is 2.31. The van der Waals surface area contributed by atoms with Gasteiger partial charge in [0.15, 0.2) is 0 Å². The third-order valence-electron chi connectivity index (χ3n) is 5.11. The van der Waals surface area contributed by atoms with Gasteiger partial charge in [-0.15, -0.1) is 11.8 Å². The van der Waals surface area contributed by atoms with E-state index in [2.05, 4.69) is 0 Å². The minimum absolute atomic E-state index is 0.00817. The van der Waals surface area contributed by atoms with Crippen LogP contribution in [0.3, 0.4) is 0 Å². The van der Waals surface area contributed by atoms with Crippen LogP contribution in [0.1, 0.15) is 48.5 Å². The fourth-order valence-electron chi connectivity index (χ4n) is 3.58. The molecule has 2 aromatic rings. The summed E-state index contributed by atoms with van der Waals surface area (Å²) < 4.78 is 16.5. The SMILES string of the molecule is NC1CCCC1Sc1c(F)cc2c(=O)c(C(=O)O)cn(C3CC3)c2c1Cl. The molecule has 2 fully saturated rings. The summed E-state index contributed by atoms with van der Waals surface area (Å²) in [5, 5.41) is 9.57. The average molecular weight is 397 g/mol. The Morgan fingerprint density at radius 2 is 2.08 bits per heavy atom. The van der Waals surface area contributed by atoms with Crippen molar-refractivity contribution < 1.29 is 14.3 Å². The molecule has 1 aromatic heterocycles. The monoisotopic (exact) mass is 396 g/mol. The number of pyridine rings is 1. The number of carbonyl (C=O) groups is 1. The number of halogens is 2. The van der Waals surface area contributed by atoms with E-state index < -0.39 is 17.2 Å². The highest BCUT2D eigenvalue weighted by atomic mass is 35.5. The Kier molecular flexibility index (Phi) is 4.49. The number of nitrogens with zero attached hydrogens (tertiary/aromatic N) is 1. The van der Waals surface area contributed by atoms with Crippen molar-refractivity contribution in [3.63, 3.8) is 0 Å². The molecule has 0 aliphatic heterocycles. The van der Waals surface area contributed by atoms with Crippen molar-refractivity contribution in [2.24, 2.45) is 5.73 Å². The number of carboxylic acid groups (broad SMARTS) is 1. The summed E-state index contributed by atoms with van der Waals surface area (Å²) in [7, 11) is 0. The average Bonchev–Trinajstić information content (AvgIpc) is 3.35. The summed E-state index contributed by atoms with van der Waals surface area (Å²) in [6.07, 6.45) is 5.89. The summed E-state index contributed by atoms with van der Waals surface area (Å²) in [5.74, 6) is -1.92. The smallest absolute Gasteiger partial charge is 0.341 e. The minimum atomic E-state index is -1.32. The molecule has 2 unspecified atom stereocenters. The van der Waals surface area contributed by atoms with Gasteiger partial charge in [-0.3, -0.25) is 4.79 Å². The van der Waals surface area contributed by atoms with Gasteiger partial charge in [0.05, 0.1) is 20.8 Å². The van der Waals surface area contributed by atoms with Crippen molar-refractivity contribution in [3.05, 3.63) is 38.9 Å². The lowest BCUT2D eigenvalue weighted by atomic mass is 10.1. The Balaban J connectivity index is 1.93. The predicted octanol–water partition coefficient (Wildman–Crippen LogP) is 3.80. The molecule has 0 radical (unpaired) electrons. The zero-order chi connectivity index (χ0) is 18.6. The quantitative estimate of drug-likeness (QED) is 0.821. The molecule has 3 N–H and O–H groups in total. The number of carboxylic acids is 1. The maximum atomic E-state index is 14.8. The minimum Gasteiger partial charge on any atom is -0.477 e. The standard InChI is InChI=1S/C18H18ClFN2O3S/c19-14-15-9(6-11(20)17(14)26-13-3-1-2-12(13)21)16(23)10(18(24)25)7-22(15)8-4-5-8/h6-8,12-13H,1-5,21H2,(H,24,25). The highest BCUT2D eigenvalue weighted by Crippen LogP contribution is 2.44. The first kappa shape index (κ1) is 17.8. The summed E-state index contributed by atoms with van der Waals surface area (Å²) in [4.78, 5) is 24.2. The van der Waals surface area contributed by atoms with Crippen LogP contribution < -0.4 is 11.2 Å². The molecule has 26 heavy (non-hydrogen) atoms. The molecule has 5 nitrogen and oxygen atoms in total. The van der Waals surface area contributed by atoms with Gasteiger partial charge < -0.3 is 15.4 Å². The molecule has 4 rings (SSSR count). The van der Waals surface area contributed by atoms with Gasteiger partial charge in [-0.1, -0.05) is 18.0 Å². The molecule has 0 spiro atoms. The second kappa shape index (κ2) is 6.55. The number of nitrogens with two attached hydrogens (primary N) is 1. The normalized spacial score (nSPS) is 22.9. The molecule has 138 valence electrons. The van der Waals surface area contributed by atoms with E-state index in [0.717, 1.165) is 38.2 Å². The number of benzene rings is 1. The number of rotatable bonds is 4. The summed E-state index contributed by atoms with van der Waals surface area (Å²) in [6, 6.07) is 1.20. The third-order valence-corrected chi connectivity index (χ3v) is 7.11. The summed E-state index contributed by atoms with van der Waals surface area (Å²) in [5.41, 5.74) is 5.44. The van der Waals surface area contributed by atoms with Crippen molar-refractivity contribution in [2.45, 2.75) is 54.3 Å². The first-order valence-corrected chi connectivity index (χ1v) is 9.86. The molecule has 8 heteroatoms. The second-order valence-electron chi connectivity index (χ2n) is 6.96. The van der Waals surface area contributed by atoms with Gasteiger partial charge in [-0.2, -0.15) is 0 Å². The summed E-state index contributed by atoms with van der Waals surface area (Å²) >= 11 is 7.87. The van der Waals surface area contributed by atoms with Crippen LogP contribution in [0.4, 0.5) is 4.39 Å². The van der Waals surface area contributed by atoms with Gasteiger partial charge in [-0.05, 0) is 31.7 Å². The van der Waals surface area contributed by atoms with E-state index in [4.69, 9.17) is 17.3 Å². The molecular weight excluding hydrogens is 379 g/mol. The molecule has 2 aliphatic carbocycles. The number of aromatic nitrogens is 1. The predicted molar refractivity (Wildman–Crippen MR) is 99.9 cm³/mol. The van der Waals surface area contributed by atoms with Crippen LogP contribution in [0.15, 0.2) is 22.0 Å². The van der Waals surface area contributed by atoms with Gasteiger partial charge in [-0.25, -0.2) is 9.18 Å². The number of aromatic carboxylic acids is 1. The Morgan fingerprint density at radius 1 is 1.35 bits per heavy atom. The first-order chi connectivity index (χ1) is 12.4. The van der Waals surface area contributed by atoms with Gasteiger partial charge in [0.1, 0.15) is 11.4 Å². The molecule has 2 saturated carbocycles. The van der Waals surface area contributed by atoms with Crippen molar-refractivity contribution >= 4 is 40.2 Å². The van der Waals surface area contributed by atoms with Crippen molar-refractivity contribution in [3.8, 4) is 0 Å². The Morgan fingerprint density at radius 3 is 2.65 bits per heavy atom. The van der Waals surface area contributed by atoms with E-state index >= 15 is 0 Å². The fraction of sp³-hybridized carbons (Fsp3) is 0.444. The van der Waals surface area contributed by atoms with Crippen LogP contribution in [0.25, 0.3) is 10.9 Å². The maximum Gasteiger partial charge on any atom is 0.341 e. The van der Waals surface area contributed by atoms with Gasteiger partial charge in [0.25, 0.3) is 0 Å². The molecule has 2 aliphatic rings. The lowest BCUT2D eigenvalue weighted by Crippen LogP contribution is -2.26. The lowest BCUT2D eigenvalue weighted by molar-refractivity contribution is 0.0695. The van der Waals surface area contributed by atoms with Gasteiger partial charge in [0, 0.05) is 23.5 Å². The van der Waals surface area contributed by atoms with E-state index in [9.17, 15) is 19.1 Å². The van der Waals surface area contributed by atoms with Crippen molar-refractivity contribution in [2.75, 3.05) is 0 Å². The van der Waals surface area contributed by atoms with Gasteiger partial charge in [0.2, 0.25) is 5.43 Å². The lowest BCUT2D eigenvalue weighted by Gasteiger charge is -2.19. The number of hydrogen-bond donors (Lipinski definition) is 2. The van der Waals surface area contributed by atoms with Crippen LogP contribution in [-0.2, 0) is 0 Å². The van der Waals surface area contributed by atoms with E-state index in [1.54, 1.807) is 4.57 Å². The molecule has 2 atom stereocenters. The molecule has 1 heterocycles. The first-order valence-electron chi connectivity index (χ1n) is 8.61. The largest absolute Gasteiger partial charge is 0.477 e. The maximum absolute atomic E-state index is 14.8. The third kappa shape index (κ3) is 2.92. The zero-order valence-electron chi connectivity index (χ0n) is 13.9. The van der Waals surface area contributed by atoms with Crippen LogP contribution in [0.5, 0.6) is 0 Å². The molecule has 0 bridgehead atoms. The van der Waals surface area contributed by atoms with Crippen LogP contribution in [-0.4, -0.2) is 26.9 Å². The van der Waals surface area contributed by atoms with E-state index in [-0.39, 0.29) is 33.3 Å². The fourth-order valence-corrected chi connectivity index (χ4v) is 5.27. The topological polar surface area (TPSA) is 85.3 Å². The summed E-state index contributed by atoms with van der Waals surface area (Å²) in [6.45, 7) is 0. The van der Waals surface area contributed by atoms with Gasteiger partial charge >= 0.3 is 5.97 Å². The number of hydrogen-bond acceptors (Lipinski definition) is 4. The van der Waals surface area contributed by atoms with E-state index in [1.807, 2.05) is 0 Å². The Labute approximate surface area is 158 Å².